The Morgan fingerprint density at radius 1 is 0.872 bits per heavy atom. The fraction of sp³-hybridized carbons (Fsp3) is 0.703. The van der Waals surface area contributed by atoms with Gasteiger partial charge < -0.3 is 20.3 Å². The van der Waals surface area contributed by atoms with E-state index in [1.54, 1.807) is 37.3 Å². The Balaban J connectivity index is 2.83. The number of unbranched alkanes of at least 4 members (excludes halogenated alkanes) is 9. The summed E-state index contributed by atoms with van der Waals surface area (Å²) in [5.74, 6) is -6.57. The minimum atomic E-state index is -2.73. The van der Waals surface area contributed by atoms with Crippen LogP contribution in [0.25, 0.3) is 0 Å². The highest BCUT2D eigenvalue weighted by molar-refractivity contribution is 5.94. The second-order valence-corrected chi connectivity index (χ2v) is 12.5. The lowest BCUT2D eigenvalue weighted by Gasteiger charge is -2.30. The van der Waals surface area contributed by atoms with Crippen LogP contribution in [0.15, 0.2) is 36.4 Å². The van der Waals surface area contributed by atoms with E-state index in [9.17, 15) is 37.8 Å². The number of amides is 1. The van der Waals surface area contributed by atoms with Crippen LogP contribution in [0.1, 0.15) is 129 Å². The zero-order valence-electron chi connectivity index (χ0n) is 28.7. The summed E-state index contributed by atoms with van der Waals surface area (Å²) in [6.07, 6.45) is 11.1. The number of Topliss-reactive ketones (excluding diaryl/α,β-unsaturated/α-hetero) is 1. The SMILES string of the molecule is CCCCCCCC(F)(F)CCCCCC/C=C/[C@H](C(=O)N[C@@H](Cc1ccc(OCCCC)cc1)C(=O)CC)[C@@](O)(CCF)C(=O)O. The zero-order chi connectivity index (χ0) is 35.1. The summed E-state index contributed by atoms with van der Waals surface area (Å²) in [5, 5.41) is 23.4. The third-order valence-corrected chi connectivity index (χ3v) is 8.46. The minimum Gasteiger partial charge on any atom is -0.494 e. The summed E-state index contributed by atoms with van der Waals surface area (Å²) in [6.45, 7) is 5.21. The maximum atomic E-state index is 14.1. The summed E-state index contributed by atoms with van der Waals surface area (Å²) >= 11 is 0. The number of carbonyl (C=O) groups excluding carboxylic acids is 2. The quantitative estimate of drug-likeness (QED) is 0.0609. The number of hydrogen-bond donors (Lipinski definition) is 3. The standard InChI is InChI=1S/C37H58F3NO6/c1-4-7-9-13-16-23-36(39,40)24-17-14-11-10-12-15-18-31(37(46,25-26-38)35(44)45)34(43)41-32(33(42)6-3)28-29-19-21-30(22-20-29)47-27-8-5-2/h15,18-22,31-32,46H,4-14,16-17,23-28H2,1-3H3,(H,41,43)(H,44,45)/b18-15+/t31-,32+,37+/m1/s1. The highest BCUT2D eigenvalue weighted by atomic mass is 19.3. The van der Waals surface area contributed by atoms with Gasteiger partial charge in [-0.05, 0) is 56.2 Å². The Bertz CT molecular complexity index is 1060. The molecule has 1 aromatic rings. The monoisotopic (exact) mass is 669 g/mol. The fourth-order valence-electron chi connectivity index (χ4n) is 5.39. The number of ketones is 1. The van der Waals surface area contributed by atoms with Gasteiger partial charge in [-0.15, -0.1) is 0 Å². The van der Waals surface area contributed by atoms with E-state index >= 15 is 0 Å². The van der Waals surface area contributed by atoms with Crippen LogP contribution in [0.2, 0.25) is 0 Å². The Kier molecular flexibility index (Phi) is 21.0. The summed E-state index contributed by atoms with van der Waals surface area (Å²) in [6, 6.07) is 6.13. The first-order chi connectivity index (χ1) is 22.4. The molecule has 0 spiro atoms. The number of benzene rings is 1. The molecule has 0 aliphatic heterocycles. The van der Waals surface area contributed by atoms with Gasteiger partial charge in [-0.25, -0.2) is 13.6 Å². The molecule has 0 radical (unpaired) electrons. The number of carboxylic acid groups (broad SMARTS) is 1. The molecule has 7 nitrogen and oxygen atoms in total. The topological polar surface area (TPSA) is 113 Å². The predicted molar refractivity (Wildman–Crippen MR) is 180 cm³/mol. The molecule has 1 aromatic carbocycles. The van der Waals surface area contributed by atoms with Crippen molar-refractivity contribution in [2.75, 3.05) is 13.3 Å². The van der Waals surface area contributed by atoms with Crippen molar-refractivity contribution in [1.29, 1.82) is 0 Å². The molecule has 0 unspecified atom stereocenters. The van der Waals surface area contributed by atoms with Crippen molar-refractivity contribution in [2.45, 2.75) is 147 Å². The minimum absolute atomic E-state index is 0.0840. The van der Waals surface area contributed by atoms with Crippen molar-refractivity contribution in [2.24, 2.45) is 5.92 Å². The number of hydrogen-bond acceptors (Lipinski definition) is 5. The predicted octanol–water partition coefficient (Wildman–Crippen LogP) is 8.56. The molecule has 268 valence electrons. The molecule has 47 heavy (non-hydrogen) atoms. The number of allylic oxidation sites excluding steroid dienone is 1. The molecular weight excluding hydrogens is 611 g/mol. The summed E-state index contributed by atoms with van der Waals surface area (Å²) in [5.41, 5.74) is -1.98. The summed E-state index contributed by atoms with van der Waals surface area (Å²) in [7, 11) is 0. The smallest absolute Gasteiger partial charge is 0.336 e. The van der Waals surface area contributed by atoms with Crippen LogP contribution in [0, 0.1) is 5.92 Å². The van der Waals surface area contributed by atoms with Gasteiger partial charge in [-0.2, -0.15) is 0 Å². The second kappa shape index (κ2) is 23.4. The molecule has 3 N–H and O–H groups in total. The maximum Gasteiger partial charge on any atom is 0.336 e. The van der Waals surface area contributed by atoms with Crippen LogP contribution in [0.4, 0.5) is 13.2 Å². The van der Waals surface area contributed by atoms with Crippen molar-refractivity contribution < 1.29 is 42.5 Å². The molecule has 0 aliphatic carbocycles. The number of rotatable bonds is 28. The van der Waals surface area contributed by atoms with Crippen molar-refractivity contribution >= 4 is 17.7 Å². The fourth-order valence-corrected chi connectivity index (χ4v) is 5.39. The van der Waals surface area contributed by atoms with Gasteiger partial charge in [-0.3, -0.25) is 14.0 Å². The van der Waals surface area contributed by atoms with Gasteiger partial charge in [0.05, 0.1) is 25.2 Å². The van der Waals surface area contributed by atoms with Gasteiger partial charge in [0.25, 0.3) is 0 Å². The van der Waals surface area contributed by atoms with Crippen LogP contribution in [-0.2, 0) is 20.8 Å². The highest BCUT2D eigenvalue weighted by Gasteiger charge is 2.47. The number of halogens is 3. The molecule has 0 saturated carbocycles. The zero-order valence-corrected chi connectivity index (χ0v) is 28.7. The molecule has 3 atom stereocenters. The first-order valence-electron chi connectivity index (χ1n) is 17.5. The first kappa shape index (κ1) is 42.1. The van der Waals surface area contributed by atoms with Crippen molar-refractivity contribution in [3.8, 4) is 5.75 Å². The Hall–Kier alpha value is -2.88. The maximum absolute atomic E-state index is 14.1. The van der Waals surface area contributed by atoms with E-state index in [1.807, 2.05) is 0 Å². The Morgan fingerprint density at radius 2 is 1.47 bits per heavy atom. The lowest BCUT2D eigenvalue weighted by Crippen LogP contribution is -2.54. The van der Waals surface area contributed by atoms with E-state index in [-0.39, 0.29) is 31.5 Å². The average molecular weight is 670 g/mol. The molecule has 0 saturated heterocycles. The Labute approximate surface area is 279 Å². The van der Waals surface area contributed by atoms with E-state index in [2.05, 4.69) is 19.2 Å². The Morgan fingerprint density at radius 3 is 2.02 bits per heavy atom. The third-order valence-electron chi connectivity index (χ3n) is 8.46. The summed E-state index contributed by atoms with van der Waals surface area (Å²) in [4.78, 5) is 38.4. The lowest BCUT2D eigenvalue weighted by atomic mass is 9.83. The molecule has 0 heterocycles. The highest BCUT2D eigenvalue weighted by Crippen LogP contribution is 2.29. The number of aliphatic carboxylic acids is 1. The van der Waals surface area contributed by atoms with Crippen molar-refractivity contribution in [3.05, 3.63) is 42.0 Å². The number of nitrogens with one attached hydrogen (secondary N) is 1. The molecule has 10 heteroatoms. The van der Waals surface area contributed by atoms with E-state index < -0.39 is 48.5 Å². The number of carboxylic acids is 1. The van der Waals surface area contributed by atoms with Gasteiger partial charge in [-0.1, -0.05) is 90.0 Å². The van der Waals surface area contributed by atoms with Crippen LogP contribution in [0.3, 0.4) is 0 Å². The average Bonchev–Trinajstić information content (AvgIpc) is 3.04. The van der Waals surface area contributed by atoms with Gasteiger partial charge >= 0.3 is 5.97 Å². The lowest BCUT2D eigenvalue weighted by molar-refractivity contribution is -0.167. The number of alkyl halides is 3. The molecule has 1 rings (SSSR count). The van der Waals surface area contributed by atoms with Crippen molar-refractivity contribution in [3.63, 3.8) is 0 Å². The first-order valence-corrected chi connectivity index (χ1v) is 17.5. The molecular formula is C37H58F3NO6. The van der Waals surface area contributed by atoms with Gasteiger partial charge in [0, 0.05) is 25.7 Å². The van der Waals surface area contributed by atoms with Crippen LogP contribution in [0.5, 0.6) is 5.75 Å². The molecule has 1 amide bonds. The molecule has 0 bridgehead atoms. The molecule has 0 aliphatic rings. The number of aliphatic hydroxyl groups is 1. The molecule has 0 aromatic heterocycles. The van der Waals surface area contributed by atoms with Crippen molar-refractivity contribution in [1.82, 2.24) is 5.32 Å². The van der Waals surface area contributed by atoms with E-state index in [0.717, 1.165) is 44.1 Å². The second-order valence-electron chi connectivity index (χ2n) is 12.5. The number of carbonyl (C=O) groups is 3. The summed E-state index contributed by atoms with van der Waals surface area (Å²) < 4.78 is 47.4. The number of ether oxygens (including phenoxy) is 1. The normalized spacial score (nSPS) is 14.4. The van der Waals surface area contributed by atoms with E-state index in [4.69, 9.17) is 4.74 Å². The van der Waals surface area contributed by atoms with Crippen LogP contribution < -0.4 is 10.1 Å². The largest absolute Gasteiger partial charge is 0.494 e. The molecule has 0 fully saturated rings. The van der Waals surface area contributed by atoms with E-state index in [0.29, 0.717) is 50.9 Å². The van der Waals surface area contributed by atoms with Gasteiger partial charge in [0.2, 0.25) is 11.8 Å². The third kappa shape index (κ3) is 16.7. The van der Waals surface area contributed by atoms with E-state index in [1.165, 1.54) is 6.08 Å². The van der Waals surface area contributed by atoms with Crippen LogP contribution in [-0.4, -0.2) is 58.7 Å². The van der Waals surface area contributed by atoms with Gasteiger partial charge in [0.15, 0.2) is 11.4 Å². The van der Waals surface area contributed by atoms with Gasteiger partial charge in [0.1, 0.15) is 5.75 Å². The van der Waals surface area contributed by atoms with Crippen LogP contribution >= 0.6 is 0 Å².